The average molecular weight is 569 g/mol. The van der Waals surface area contributed by atoms with E-state index in [1.807, 2.05) is 43.8 Å². The maximum atomic E-state index is 12.6. The van der Waals surface area contributed by atoms with E-state index in [0.29, 0.717) is 30.4 Å². The van der Waals surface area contributed by atoms with Crippen molar-refractivity contribution in [3.8, 4) is 0 Å². The smallest absolute Gasteiger partial charge is 0.252 e. The molecule has 0 fully saturated rings. The van der Waals surface area contributed by atoms with Crippen molar-refractivity contribution in [1.29, 1.82) is 0 Å². The van der Waals surface area contributed by atoms with Gasteiger partial charge in [-0.3, -0.25) is 9.67 Å². The van der Waals surface area contributed by atoms with Gasteiger partial charge in [-0.2, -0.15) is 9.40 Å². The van der Waals surface area contributed by atoms with Crippen LogP contribution in [-0.4, -0.2) is 61.2 Å². The number of nitrogens with zero attached hydrogens (tertiary/aromatic N) is 4. The second-order valence-corrected chi connectivity index (χ2v) is 9.70. The molecule has 0 amide bonds. The summed E-state index contributed by atoms with van der Waals surface area (Å²) in [6.45, 7) is 9.74. The predicted octanol–water partition coefficient (Wildman–Crippen LogP) is 2.78. The van der Waals surface area contributed by atoms with Crippen LogP contribution in [0.3, 0.4) is 0 Å². The van der Waals surface area contributed by atoms with Gasteiger partial charge in [0.05, 0.1) is 0 Å². The van der Waals surface area contributed by atoms with E-state index in [9.17, 15) is 8.42 Å². The number of hydrogen-bond acceptors (Lipinski definition) is 5. The highest BCUT2D eigenvalue weighted by Crippen LogP contribution is 2.25. The van der Waals surface area contributed by atoms with Crippen LogP contribution in [0.25, 0.3) is 0 Å². The summed E-state index contributed by atoms with van der Waals surface area (Å²) in [5.74, 6) is 0.778. The molecular weight excluding hydrogens is 535 g/mol. The Bertz CT molecular complexity index is 848. The van der Waals surface area contributed by atoms with Gasteiger partial charge in [-0.15, -0.1) is 35.3 Å². The van der Waals surface area contributed by atoms with Gasteiger partial charge in [-0.05, 0) is 38.0 Å². The molecule has 0 aliphatic heterocycles. The zero-order valence-corrected chi connectivity index (χ0v) is 21.8. The zero-order chi connectivity index (χ0) is 21.1. The monoisotopic (exact) mass is 568 g/mol. The van der Waals surface area contributed by atoms with E-state index in [0.717, 1.165) is 36.8 Å². The largest absolute Gasteiger partial charge is 0.357 e. The first-order valence-electron chi connectivity index (χ1n) is 10.1. The summed E-state index contributed by atoms with van der Waals surface area (Å²) in [6.07, 6.45) is 5.38. The topological polar surface area (TPSA) is 91.6 Å². The van der Waals surface area contributed by atoms with Crippen LogP contribution in [0.2, 0.25) is 0 Å². The Kier molecular flexibility index (Phi) is 12.5. The third-order valence-electron chi connectivity index (χ3n) is 4.32. The molecule has 170 valence electrons. The minimum absolute atomic E-state index is 0. The molecule has 0 unspecified atom stereocenters. The maximum absolute atomic E-state index is 12.6. The molecule has 0 bridgehead atoms. The molecular formula is C19H33IN6O2S2. The minimum Gasteiger partial charge on any atom is -0.357 e. The fraction of sp³-hybridized carbons (Fsp3) is 0.579. The summed E-state index contributed by atoms with van der Waals surface area (Å²) >= 11 is 1.34. The summed E-state index contributed by atoms with van der Waals surface area (Å²) in [5, 5.41) is 10.7. The lowest BCUT2D eigenvalue weighted by Crippen LogP contribution is -2.38. The van der Waals surface area contributed by atoms with Gasteiger partial charge in [0.1, 0.15) is 4.21 Å². The molecule has 0 spiro atoms. The van der Waals surface area contributed by atoms with E-state index in [-0.39, 0.29) is 24.0 Å². The molecule has 2 aromatic rings. The number of guanidine groups is 1. The van der Waals surface area contributed by atoms with Crippen molar-refractivity contribution in [2.75, 3.05) is 32.7 Å². The molecule has 0 atom stereocenters. The Morgan fingerprint density at radius 3 is 2.63 bits per heavy atom. The van der Waals surface area contributed by atoms with Crippen LogP contribution < -0.4 is 10.6 Å². The number of thiophene rings is 1. The van der Waals surface area contributed by atoms with Crippen LogP contribution in [0, 0.1) is 0 Å². The highest BCUT2D eigenvalue weighted by Gasteiger charge is 2.23. The van der Waals surface area contributed by atoms with Crippen molar-refractivity contribution in [1.82, 2.24) is 24.7 Å². The first-order valence-corrected chi connectivity index (χ1v) is 12.3. The molecule has 11 heteroatoms. The van der Waals surface area contributed by atoms with Crippen molar-refractivity contribution in [2.45, 2.75) is 44.4 Å². The Morgan fingerprint density at radius 1 is 1.23 bits per heavy atom. The fourth-order valence-electron chi connectivity index (χ4n) is 2.82. The molecule has 2 rings (SSSR count). The lowest BCUT2D eigenvalue weighted by molar-refractivity contribution is 0.447. The minimum atomic E-state index is -3.38. The Balaban J connectivity index is 0.00000450. The highest BCUT2D eigenvalue weighted by molar-refractivity contribution is 14.0. The van der Waals surface area contributed by atoms with Crippen molar-refractivity contribution in [3.05, 3.63) is 35.5 Å². The predicted molar refractivity (Wildman–Crippen MR) is 134 cm³/mol. The molecule has 2 heterocycles. The summed E-state index contributed by atoms with van der Waals surface area (Å²) in [5.41, 5.74) is 0. The van der Waals surface area contributed by atoms with Crippen LogP contribution in [-0.2, 0) is 23.0 Å². The number of hydrogen-bond donors (Lipinski definition) is 2. The normalized spacial score (nSPS) is 12.1. The summed E-state index contributed by atoms with van der Waals surface area (Å²) in [6, 6.07) is 5.53. The summed E-state index contributed by atoms with van der Waals surface area (Å²) < 4.78 is 29.0. The quantitative estimate of drug-likeness (QED) is 0.178. The third kappa shape index (κ3) is 8.16. The van der Waals surface area contributed by atoms with Crippen LogP contribution in [0.1, 0.15) is 32.1 Å². The van der Waals surface area contributed by atoms with Crippen LogP contribution >= 0.6 is 35.3 Å². The van der Waals surface area contributed by atoms with Crippen molar-refractivity contribution < 1.29 is 8.42 Å². The fourth-order valence-corrected chi connectivity index (χ4v) is 5.79. The van der Waals surface area contributed by atoms with Gasteiger partial charge < -0.3 is 10.6 Å². The molecule has 30 heavy (non-hydrogen) atoms. The Labute approximate surface area is 201 Å². The molecule has 2 N–H and O–H groups in total. The second-order valence-electron chi connectivity index (χ2n) is 6.37. The first kappa shape index (κ1) is 26.9. The Hall–Kier alpha value is -1.18. The van der Waals surface area contributed by atoms with Crippen molar-refractivity contribution in [3.63, 3.8) is 0 Å². The maximum Gasteiger partial charge on any atom is 0.252 e. The van der Waals surface area contributed by atoms with Gasteiger partial charge in [-0.25, -0.2) is 8.42 Å². The molecule has 2 aromatic heterocycles. The van der Waals surface area contributed by atoms with Gasteiger partial charge in [0.2, 0.25) is 0 Å². The van der Waals surface area contributed by atoms with Gasteiger partial charge in [0.25, 0.3) is 10.0 Å². The van der Waals surface area contributed by atoms with Gasteiger partial charge in [0, 0.05) is 56.5 Å². The SMILES string of the molecule is CCNC(=NCCCn1cccn1)NCCc1ccc(S(=O)(=O)N(CC)CC)s1.I. The van der Waals surface area contributed by atoms with Gasteiger partial charge >= 0.3 is 0 Å². The lowest BCUT2D eigenvalue weighted by Gasteiger charge is -2.16. The first-order chi connectivity index (χ1) is 14.0. The lowest BCUT2D eigenvalue weighted by atomic mass is 10.3. The number of nitrogens with one attached hydrogen (secondary N) is 2. The van der Waals surface area contributed by atoms with E-state index >= 15 is 0 Å². The van der Waals surface area contributed by atoms with Crippen LogP contribution in [0.5, 0.6) is 0 Å². The number of rotatable bonds is 12. The molecule has 0 radical (unpaired) electrons. The van der Waals surface area contributed by atoms with Gasteiger partial charge in [-0.1, -0.05) is 13.8 Å². The molecule has 8 nitrogen and oxygen atoms in total. The van der Waals surface area contributed by atoms with Crippen molar-refractivity contribution in [2.24, 2.45) is 4.99 Å². The molecule has 0 saturated heterocycles. The zero-order valence-electron chi connectivity index (χ0n) is 17.9. The molecule has 0 aliphatic carbocycles. The van der Waals surface area contributed by atoms with Crippen LogP contribution in [0.15, 0.2) is 39.8 Å². The standard InChI is InChI=1S/C19H32N6O2S2.HI/c1-4-20-19(21-12-7-15-24-16-8-13-23-24)22-14-11-17-9-10-18(28-17)29(26,27)25(5-2)6-3;/h8-10,13,16H,4-7,11-12,14-15H2,1-3H3,(H2,20,21,22);1H. The number of aliphatic imine (C=N–C) groups is 1. The highest BCUT2D eigenvalue weighted by atomic mass is 127. The molecule has 0 aromatic carbocycles. The van der Waals surface area contributed by atoms with E-state index in [1.54, 1.807) is 12.3 Å². The number of halogens is 1. The Morgan fingerprint density at radius 2 is 2.00 bits per heavy atom. The molecule has 0 aliphatic rings. The van der Waals surface area contributed by atoms with E-state index in [4.69, 9.17) is 0 Å². The van der Waals surface area contributed by atoms with E-state index in [2.05, 4.69) is 20.7 Å². The van der Waals surface area contributed by atoms with Gasteiger partial charge in [0.15, 0.2) is 5.96 Å². The summed E-state index contributed by atoms with van der Waals surface area (Å²) in [4.78, 5) is 5.63. The van der Waals surface area contributed by atoms with Crippen molar-refractivity contribution >= 4 is 51.3 Å². The van der Waals surface area contributed by atoms with E-state index < -0.39 is 10.0 Å². The molecule has 0 saturated carbocycles. The third-order valence-corrected chi connectivity index (χ3v) is 7.98. The van der Waals surface area contributed by atoms with E-state index in [1.165, 1.54) is 15.6 Å². The van der Waals surface area contributed by atoms with Crippen LogP contribution in [0.4, 0.5) is 0 Å². The second kappa shape index (κ2) is 14.0. The summed E-state index contributed by atoms with van der Waals surface area (Å²) in [7, 11) is -3.38. The average Bonchev–Trinajstić information content (AvgIpc) is 3.38. The number of sulfonamides is 1. The number of aryl methyl sites for hydroxylation is 1. The number of aromatic nitrogens is 2.